The van der Waals surface area contributed by atoms with E-state index in [0.29, 0.717) is 0 Å². The third kappa shape index (κ3) is 2.03. The van der Waals surface area contributed by atoms with Crippen LogP contribution in [0.1, 0.15) is 11.4 Å². The third-order valence-corrected chi connectivity index (χ3v) is 3.56. The van der Waals surface area contributed by atoms with Crippen molar-refractivity contribution in [3.63, 3.8) is 0 Å². The standard InChI is InChI=1S/C11H10ClIN2/c1-7-11(8(2)15(13)14-7)9-3-5-10(12)6-4-9/h3-6H,1-2H3. The molecule has 2 rings (SSSR count). The molecule has 0 saturated carbocycles. The van der Waals surface area contributed by atoms with E-state index in [1.807, 2.05) is 34.1 Å². The predicted octanol–water partition coefficient (Wildman–Crippen LogP) is 4.02. The summed E-state index contributed by atoms with van der Waals surface area (Å²) >= 11 is 8.05. The van der Waals surface area contributed by atoms with Crippen molar-refractivity contribution in [3.05, 3.63) is 40.7 Å². The zero-order chi connectivity index (χ0) is 11.0. The van der Waals surface area contributed by atoms with Crippen LogP contribution in [0, 0.1) is 13.8 Å². The van der Waals surface area contributed by atoms with Crippen molar-refractivity contribution in [2.24, 2.45) is 0 Å². The van der Waals surface area contributed by atoms with Crippen LogP contribution < -0.4 is 0 Å². The average molecular weight is 333 g/mol. The lowest BCUT2D eigenvalue weighted by Crippen LogP contribution is -1.84. The molecule has 0 radical (unpaired) electrons. The fraction of sp³-hybridized carbons (Fsp3) is 0.182. The van der Waals surface area contributed by atoms with E-state index in [-0.39, 0.29) is 0 Å². The predicted molar refractivity (Wildman–Crippen MR) is 71.6 cm³/mol. The maximum absolute atomic E-state index is 5.86. The minimum absolute atomic E-state index is 0.760. The normalized spacial score (nSPS) is 10.7. The molecule has 0 spiro atoms. The minimum Gasteiger partial charge on any atom is -0.208 e. The van der Waals surface area contributed by atoms with Crippen molar-refractivity contribution in [1.82, 2.24) is 7.99 Å². The molecule has 1 aromatic carbocycles. The molecule has 0 amide bonds. The molecular formula is C11H10ClIN2. The van der Waals surface area contributed by atoms with Crippen molar-refractivity contribution < 1.29 is 0 Å². The summed E-state index contributed by atoms with van der Waals surface area (Å²) < 4.78 is 1.87. The van der Waals surface area contributed by atoms with Gasteiger partial charge >= 0.3 is 0 Å². The molecule has 1 heterocycles. The fourth-order valence-corrected chi connectivity index (χ4v) is 2.34. The molecule has 2 nitrogen and oxygen atoms in total. The Morgan fingerprint density at radius 2 is 1.80 bits per heavy atom. The van der Waals surface area contributed by atoms with Crippen molar-refractivity contribution in [3.8, 4) is 11.1 Å². The average Bonchev–Trinajstić information content (AvgIpc) is 2.44. The Hall–Kier alpha value is -0.550. The first-order valence-corrected chi connectivity index (χ1v) is 5.92. The summed E-state index contributed by atoms with van der Waals surface area (Å²) in [6.07, 6.45) is 0. The van der Waals surface area contributed by atoms with E-state index in [2.05, 4.69) is 34.9 Å². The van der Waals surface area contributed by atoms with Crippen LogP contribution in [0.15, 0.2) is 24.3 Å². The Morgan fingerprint density at radius 3 is 2.27 bits per heavy atom. The number of hydrogen-bond acceptors (Lipinski definition) is 1. The molecule has 15 heavy (non-hydrogen) atoms. The van der Waals surface area contributed by atoms with E-state index in [0.717, 1.165) is 22.0 Å². The summed E-state index contributed by atoms with van der Waals surface area (Å²) in [7, 11) is 0. The van der Waals surface area contributed by atoms with Gasteiger partial charge in [0.25, 0.3) is 0 Å². The van der Waals surface area contributed by atoms with Gasteiger partial charge in [-0.1, -0.05) is 23.7 Å². The van der Waals surface area contributed by atoms with Crippen LogP contribution >= 0.6 is 34.5 Å². The maximum atomic E-state index is 5.86. The monoisotopic (exact) mass is 332 g/mol. The summed E-state index contributed by atoms with van der Waals surface area (Å²) in [6, 6.07) is 7.85. The molecule has 0 atom stereocenters. The molecule has 0 aliphatic rings. The molecule has 0 N–H and O–H groups in total. The topological polar surface area (TPSA) is 17.8 Å². The lowest BCUT2D eigenvalue weighted by Gasteiger charge is -2.01. The van der Waals surface area contributed by atoms with Gasteiger partial charge in [-0.3, -0.25) is 0 Å². The SMILES string of the molecule is Cc1nn(I)c(C)c1-c1ccc(Cl)cc1. The summed E-state index contributed by atoms with van der Waals surface area (Å²) in [5.74, 6) is 0. The first-order chi connectivity index (χ1) is 7.09. The quantitative estimate of drug-likeness (QED) is 0.721. The summed E-state index contributed by atoms with van der Waals surface area (Å²) in [6.45, 7) is 4.09. The zero-order valence-corrected chi connectivity index (χ0v) is 11.4. The number of aryl methyl sites for hydroxylation is 1. The Bertz CT molecular complexity index is 488. The Labute approximate surface area is 108 Å². The van der Waals surface area contributed by atoms with Crippen LogP contribution in [0.5, 0.6) is 0 Å². The van der Waals surface area contributed by atoms with Gasteiger partial charge in [-0.15, -0.1) is 0 Å². The van der Waals surface area contributed by atoms with Gasteiger partial charge < -0.3 is 0 Å². The summed E-state index contributed by atoms with van der Waals surface area (Å²) in [4.78, 5) is 0. The molecule has 0 unspecified atom stereocenters. The van der Waals surface area contributed by atoms with E-state index in [4.69, 9.17) is 11.6 Å². The lowest BCUT2D eigenvalue weighted by atomic mass is 10.0. The highest BCUT2D eigenvalue weighted by Gasteiger charge is 2.11. The molecule has 4 heteroatoms. The minimum atomic E-state index is 0.760. The van der Waals surface area contributed by atoms with Crippen molar-refractivity contribution in [2.75, 3.05) is 0 Å². The molecule has 0 fully saturated rings. The molecule has 1 aromatic heterocycles. The highest BCUT2D eigenvalue weighted by molar-refractivity contribution is 14.1. The highest BCUT2D eigenvalue weighted by atomic mass is 127. The third-order valence-electron chi connectivity index (χ3n) is 2.37. The molecule has 78 valence electrons. The second kappa shape index (κ2) is 4.14. The Kier molecular flexibility index (Phi) is 3.02. The molecular weight excluding hydrogens is 322 g/mol. The fourth-order valence-electron chi connectivity index (χ4n) is 1.65. The van der Waals surface area contributed by atoms with Crippen molar-refractivity contribution >= 4 is 34.5 Å². The van der Waals surface area contributed by atoms with Crippen LogP contribution in [0.3, 0.4) is 0 Å². The van der Waals surface area contributed by atoms with Crippen LogP contribution in [-0.2, 0) is 0 Å². The van der Waals surface area contributed by atoms with Gasteiger partial charge in [-0.2, -0.15) is 5.10 Å². The van der Waals surface area contributed by atoms with Gasteiger partial charge in [0.2, 0.25) is 0 Å². The van der Waals surface area contributed by atoms with E-state index < -0.39 is 0 Å². The Morgan fingerprint density at radius 1 is 1.20 bits per heavy atom. The van der Waals surface area contributed by atoms with Gasteiger partial charge in [0, 0.05) is 10.6 Å². The second-order valence-electron chi connectivity index (χ2n) is 3.41. The van der Waals surface area contributed by atoms with E-state index in [9.17, 15) is 0 Å². The smallest absolute Gasteiger partial charge is 0.0847 e. The largest absolute Gasteiger partial charge is 0.208 e. The number of benzene rings is 1. The summed E-state index contributed by atoms with van der Waals surface area (Å²) in [5.41, 5.74) is 4.57. The highest BCUT2D eigenvalue weighted by Crippen LogP contribution is 2.28. The van der Waals surface area contributed by atoms with Crippen LogP contribution in [0.4, 0.5) is 0 Å². The molecule has 0 bridgehead atoms. The maximum Gasteiger partial charge on any atom is 0.0847 e. The molecule has 0 saturated heterocycles. The van der Waals surface area contributed by atoms with Crippen LogP contribution in [-0.4, -0.2) is 7.99 Å². The number of nitrogens with zero attached hydrogens (tertiary/aromatic N) is 2. The number of rotatable bonds is 1. The Balaban J connectivity index is 2.58. The van der Waals surface area contributed by atoms with Crippen LogP contribution in [0.2, 0.25) is 5.02 Å². The first kappa shape index (κ1) is 11.0. The second-order valence-corrected chi connectivity index (χ2v) is 4.76. The van der Waals surface area contributed by atoms with Crippen LogP contribution in [0.25, 0.3) is 11.1 Å². The summed E-state index contributed by atoms with van der Waals surface area (Å²) in [5, 5.41) is 5.14. The molecule has 2 aromatic rings. The van der Waals surface area contributed by atoms with Gasteiger partial charge in [-0.25, -0.2) is 2.90 Å². The van der Waals surface area contributed by atoms with Crippen molar-refractivity contribution in [1.29, 1.82) is 0 Å². The van der Waals surface area contributed by atoms with Gasteiger partial charge in [0.1, 0.15) is 0 Å². The lowest BCUT2D eigenvalue weighted by molar-refractivity contribution is 0.986. The van der Waals surface area contributed by atoms with E-state index >= 15 is 0 Å². The van der Waals surface area contributed by atoms with E-state index in [1.54, 1.807) is 0 Å². The number of halogens is 2. The molecule has 0 aliphatic carbocycles. The molecule has 0 aliphatic heterocycles. The van der Waals surface area contributed by atoms with Gasteiger partial charge in [-0.05, 0) is 31.5 Å². The van der Waals surface area contributed by atoms with Crippen molar-refractivity contribution in [2.45, 2.75) is 13.8 Å². The van der Waals surface area contributed by atoms with Gasteiger partial charge in [0.05, 0.1) is 34.3 Å². The zero-order valence-electron chi connectivity index (χ0n) is 8.46. The number of hydrogen-bond donors (Lipinski definition) is 0. The first-order valence-electron chi connectivity index (χ1n) is 4.58. The van der Waals surface area contributed by atoms with E-state index in [1.165, 1.54) is 5.56 Å². The van der Waals surface area contributed by atoms with Gasteiger partial charge in [0.15, 0.2) is 0 Å². The number of aromatic nitrogens is 2.